The van der Waals surface area contributed by atoms with Gasteiger partial charge in [0.15, 0.2) is 6.10 Å². The molecule has 1 unspecified atom stereocenters. The molecule has 0 radical (unpaired) electrons. The summed E-state index contributed by atoms with van der Waals surface area (Å²) in [6.45, 7) is 3.69. The van der Waals surface area contributed by atoms with Gasteiger partial charge in [0.1, 0.15) is 5.75 Å². The van der Waals surface area contributed by atoms with Crippen LogP contribution in [0.4, 0.5) is 0 Å². The van der Waals surface area contributed by atoms with Crippen molar-refractivity contribution in [1.82, 2.24) is 0 Å². The van der Waals surface area contributed by atoms with Gasteiger partial charge in [-0.3, -0.25) is 0 Å². The standard InChI is InChI=1S/C18H25NO4/c1-3-16(18(20)21)23-17-9-8-13(10-12(17)2)11-15(19-22)14-6-4-5-7-14/h8-10,14,16,22H,3-7,11H2,1-2H3,(H,20,21). The van der Waals surface area contributed by atoms with Crippen molar-refractivity contribution < 1.29 is 19.8 Å². The summed E-state index contributed by atoms with van der Waals surface area (Å²) in [5, 5.41) is 21.9. The predicted octanol–water partition coefficient (Wildman–Crippen LogP) is 3.80. The maximum atomic E-state index is 11.1. The Morgan fingerprint density at radius 2 is 2.09 bits per heavy atom. The Morgan fingerprint density at radius 1 is 1.39 bits per heavy atom. The fraction of sp³-hybridized carbons (Fsp3) is 0.556. The molecule has 1 aliphatic carbocycles. The van der Waals surface area contributed by atoms with Gasteiger partial charge in [0, 0.05) is 12.3 Å². The van der Waals surface area contributed by atoms with Crippen LogP contribution in [0.25, 0.3) is 0 Å². The minimum Gasteiger partial charge on any atom is -0.479 e. The van der Waals surface area contributed by atoms with E-state index < -0.39 is 12.1 Å². The Morgan fingerprint density at radius 3 is 2.61 bits per heavy atom. The minimum atomic E-state index is -0.952. The quantitative estimate of drug-likeness (QED) is 0.455. The number of nitrogens with zero attached hydrogens (tertiary/aromatic N) is 1. The number of benzene rings is 1. The summed E-state index contributed by atoms with van der Waals surface area (Å²) < 4.78 is 5.56. The normalized spacial score (nSPS) is 17.2. The van der Waals surface area contributed by atoms with Gasteiger partial charge in [0.2, 0.25) is 0 Å². The van der Waals surface area contributed by atoms with Crippen molar-refractivity contribution in [3.63, 3.8) is 0 Å². The lowest BCUT2D eigenvalue weighted by molar-refractivity contribution is -0.145. The maximum Gasteiger partial charge on any atom is 0.344 e. The lowest BCUT2D eigenvalue weighted by Gasteiger charge is -2.16. The summed E-state index contributed by atoms with van der Waals surface area (Å²) in [6.07, 6.45) is 4.80. The van der Waals surface area contributed by atoms with E-state index in [4.69, 9.17) is 9.84 Å². The minimum absolute atomic E-state index is 0.382. The Labute approximate surface area is 137 Å². The molecule has 1 aromatic rings. The van der Waals surface area contributed by atoms with Crippen molar-refractivity contribution in [3.8, 4) is 5.75 Å². The Bertz CT molecular complexity index is 576. The van der Waals surface area contributed by atoms with Gasteiger partial charge >= 0.3 is 5.97 Å². The van der Waals surface area contributed by atoms with E-state index >= 15 is 0 Å². The molecular weight excluding hydrogens is 294 g/mol. The number of hydrogen-bond acceptors (Lipinski definition) is 4. The lowest BCUT2D eigenvalue weighted by Crippen LogP contribution is -2.26. The molecule has 1 saturated carbocycles. The predicted molar refractivity (Wildman–Crippen MR) is 88.4 cm³/mol. The van der Waals surface area contributed by atoms with Gasteiger partial charge in [-0.05, 0) is 43.4 Å². The third-order valence-corrected chi connectivity index (χ3v) is 4.49. The SMILES string of the molecule is CCC(Oc1ccc(CC(=NO)C2CCCC2)cc1C)C(=O)O. The average molecular weight is 319 g/mol. The molecule has 0 heterocycles. The summed E-state index contributed by atoms with van der Waals surface area (Å²) >= 11 is 0. The number of carboxylic acids is 1. The molecule has 1 aliphatic rings. The van der Waals surface area contributed by atoms with Crippen molar-refractivity contribution in [1.29, 1.82) is 0 Å². The Balaban J connectivity index is 2.07. The maximum absolute atomic E-state index is 11.1. The number of aryl methyl sites for hydroxylation is 1. The van der Waals surface area contributed by atoms with Crippen LogP contribution in [0.15, 0.2) is 23.4 Å². The first-order valence-electron chi connectivity index (χ1n) is 8.25. The second kappa shape index (κ2) is 7.99. The molecule has 5 heteroatoms. The average Bonchev–Trinajstić information content (AvgIpc) is 3.05. The molecule has 1 fully saturated rings. The fourth-order valence-electron chi connectivity index (χ4n) is 3.14. The van der Waals surface area contributed by atoms with E-state index in [9.17, 15) is 10.0 Å². The molecule has 23 heavy (non-hydrogen) atoms. The van der Waals surface area contributed by atoms with Crippen LogP contribution in [0.2, 0.25) is 0 Å². The smallest absolute Gasteiger partial charge is 0.344 e. The number of hydrogen-bond donors (Lipinski definition) is 2. The van der Waals surface area contributed by atoms with Crippen molar-refractivity contribution >= 4 is 11.7 Å². The van der Waals surface area contributed by atoms with Crippen LogP contribution < -0.4 is 4.74 Å². The molecule has 5 nitrogen and oxygen atoms in total. The Kier molecular flexibility index (Phi) is 6.02. The number of aliphatic carboxylic acids is 1. The second-order valence-electron chi connectivity index (χ2n) is 6.20. The van der Waals surface area contributed by atoms with Crippen LogP contribution in [0, 0.1) is 12.8 Å². The zero-order valence-electron chi connectivity index (χ0n) is 13.8. The van der Waals surface area contributed by atoms with Gasteiger partial charge in [-0.25, -0.2) is 4.79 Å². The molecule has 0 saturated heterocycles. The number of rotatable bonds is 7. The zero-order valence-corrected chi connectivity index (χ0v) is 13.8. The van der Waals surface area contributed by atoms with Gasteiger partial charge in [-0.1, -0.05) is 37.1 Å². The van der Waals surface area contributed by atoms with Crippen LogP contribution in [-0.2, 0) is 11.2 Å². The first-order valence-corrected chi connectivity index (χ1v) is 8.25. The van der Waals surface area contributed by atoms with Gasteiger partial charge in [0.05, 0.1) is 5.71 Å². The Hall–Kier alpha value is -2.04. The summed E-state index contributed by atoms with van der Waals surface area (Å²) in [7, 11) is 0. The van der Waals surface area contributed by atoms with E-state index in [0.29, 0.717) is 24.5 Å². The van der Waals surface area contributed by atoms with Crippen molar-refractivity contribution in [2.24, 2.45) is 11.1 Å². The van der Waals surface area contributed by atoms with Crippen molar-refractivity contribution in [3.05, 3.63) is 29.3 Å². The van der Waals surface area contributed by atoms with Gasteiger partial charge in [-0.15, -0.1) is 0 Å². The molecule has 0 aliphatic heterocycles. The number of ether oxygens (including phenoxy) is 1. The summed E-state index contributed by atoms with van der Waals surface area (Å²) in [6, 6.07) is 5.70. The van der Waals surface area contributed by atoms with Crippen LogP contribution in [0.5, 0.6) is 5.75 Å². The number of oxime groups is 1. The van der Waals surface area contributed by atoms with E-state index in [1.54, 1.807) is 13.0 Å². The van der Waals surface area contributed by atoms with Gasteiger partial charge in [-0.2, -0.15) is 0 Å². The molecule has 0 spiro atoms. The van der Waals surface area contributed by atoms with Gasteiger partial charge in [0.25, 0.3) is 0 Å². The van der Waals surface area contributed by atoms with Crippen molar-refractivity contribution in [2.75, 3.05) is 0 Å². The van der Waals surface area contributed by atoms with E-state index in [-0.39, 0.29) is 0 Å². The highest BCUT2D eigenvalue weighted by molar-refractivity contribution is 5.88. The summed E-state index contributed by atoms with van der Waals surface area (Å²) in [4.78, 5) is 11.1. The van der Waals surface area contributed by atoms with Crippen LogP contribution in [0.3, 0.4) is 0 Å². The topological polar surface area (TPSA) is 79.1 Å². The lowest BCUT2D eigenvalue weighted by atomic mass is 9.95. The molecule has 0 amide bonds. The van der Waals surface area contributed by atoms with Crippen LogP contribution in [0.1, 0.15) is 50.2 Å². The van der Waals surface area contributed by atoms with E-state index in [1.165, 1.54) is 12.8 Å². The zero-order chi connectivity index (χ0) is 16.8. The van der Waals surface area contributed by atoms with Crippen LogP contribution >= 0.6 is 0 Å². The molecule has 0 bridgehead atoms. The van der Waals surface area contributed by atoms with Crippen molar-refractivity contribution in [2.45, 2.75) is 58.5 Å². The van der Waals surface area contributed by atoms with E-state index in [2.05, 4.69) is 5.16 Å². The number of carboxylic acid groups (broad SMARTS) is 1. The third kappa shape index (κ3) is 4.47. The monoisotopic (exact) mass is 319 g/mol. The molecule has 2 N–H and O–H groups in total. The first kappa shape index (κ1) is 17.3. The highest BCUT2D eigenvalue weighted by atomic mass is 16.5. The van der Waals surface area contributed by atoms with Crippen LogP contribution in [-0.4, -0.2) is 28.1 Å². The van der Waals surface area contributed by atoms with Gasteiger partial charge < -0.3 is 15.1 Å². The molecule has 1 aromatic carbocycles. The first-order chi connectivity index (χ1) is 11.0. The molecule has 2 rings (SSSR count). The molecule has 1 atom stereocenters. The second-order valence-corrected chi connectivity index (χ2v) is 6.20. The number of carbonyl (C=O) groups is 1. The molecule has 0 aromatic heterocycles. The largest absolute Gasteiger partial charge is 0.479 e. The summed E-state index contributed by atoms with van der Waals surface area (Å²) in [5.41, 5.74) is 2.79. The fourth-order valence-corrected chi connectivity index (χ4v) is 3.14. The van der Waals surface area contributed by atoms with E-state index in [1.807, 2.05) is 19.1 Å². The molecule has 126 valence electrons. The highest BCUT2D eigenvalue weighted by Crippen LogP contribution is 2.28. The third-order valence-electron chi connectivity index (χ3n) is 4.49. The van der Waals surface area contributed by atoms with E-state index in [0.717, 1.165) is 29.7 Å². The highest BCUT2D eigenvalue weighted by Gasteiger charge is 2.22. The summed E-state index contributed by atoms with van der Waals surface area (Å²) in [5.74, 6) is 0.0194. The molecular formula is C18H25NO4.